The lowest BCUT2D eigenvalue weighted by Gasteiger charge is -2.35. The second-order valence-electron chi connectivity index (χ2n) is 9.39. The zero-order valence-corrected chi connectivity index (χ0v) is 19.3. The second kappa shape index (κ2) is 10.5. The molecule has 1 aliphatic heterocycles. The number of rotatable bonds is 5. The first-order chi connectivity index (χ1) is 15.7. The van der Waals surface area contributed by atoms with Crippen LogP contribution in [-0.2, 0) is 4.74 Å². The molecule has 1 atom stereocenters. The van der Waals surface area contributed by atoms with Gasteiger partial charge in [0.2, 0.25) is 0 Å². The molecule has 1 N–H and O–H groups in total. The molecule has 0 aliphatic carbocycles. The molecule has 1 heterocycles. The highest BCUT2D eigenvalue weighted by atomic mass is 19.1. The lowest BCUT2D eigenvalue weighted by molar-refractivity contribution is 0.0178. The summed E-state index contributed by atoms with van der Waals surface area (Å²) in [6.07, 6.45) is 2.03. The smallest absolute Gasteiger partial charge is 0.410 e. The fraction of sp³-hybridized carbons (Fsp3) is 0.423. The minimum atomic E-state index is -0.712. The van der Waals surface area contributed by atoms with E-state index in [0.29, 0.717) is 25.4 Å². The van der Waals surface area contributed by atoms with Crippen LogP contribution in [0.4, 0.5) is 9.18 Å². The molecule has 2 amide bonds. The molecule has 3 rings (SSSR count). The molecule has 2 aromatic rings. The van der Waals surface area contributed by atoms with Crippen LogP contribution in [0.25, 0.3) is 0 Å². The summed E-state index contributed by atoms with van der Waals surface area (Å²) in [4.78, 5) is 26.9. The minimum Gasteiger partial charge on any atom is -0.444 e. The van der Waals surface area contributed by atoms with Gasteiger partial charge in [-0.25, -0.2) is 9.18 Å². The predicted molar refractivity (Wildman–Crippen MR) is 123 cm³/mol. The van der Waals surface area contributed by atoms with Crippen LogP contribution in [0.2, 0.25) is 0 Å². The molecule has 0 radical (unpaired) electrons. The SMILES string of the molecule is CC(C)(C)OC(=O)N1CCC(CC(NC(=O)c2ccc(C#N)c(F)c2)c2ccccc2)CC1. The largest absolute Gasteiger partial charge is 0.444 e. The van der Waals surface area contributed by atoms with Gasteiger partial charge in [0.25, 0.3) is 5.91 Å². The van der Waals surface area contributed by atoms with E-state index in [2.05, 4.69) is 5.32 Å². The maximum atomic E-state index is 14.0. The Morgan fingerprint density at radius 1 is 1.18 bits per heavy atom. The van der Waals surface area contributed by atoms with Gasteiger partial charge in [-0.1, -0.05) is 30.3 Å². The fourth-order valence-electron chi connectivity index (χ4n) is 3.96. The van der Waals surface area contributed by atoms with Crippen LogP contribution in [0.15, 0.2) is 48.5 Å². The van der Waals surface area contributed by atoms with E-state index < -0.39 is 17.3 Å². The molecule has 1 unspecified atom stereocenters. The summed E-state index contributed by atoms with van der Waals surface area (Å²) < 4.78 is 19.5. The molecule has 0 bridgehead atoms. The van der Waals surface area contributed by atoms with E-state index in [4.69, 9.17) is 10.00 Å². The van der Waals surface area contributed by atoms with Gasteiger partial charge in [-0.3, -0.25) is 4.79 Å². The van der Waals surface area contributed by atoms with Gasteiger partial charge in [-0.2, -0.15) is 5.26 Å². The molecule has 1 fully saturated rings. The molecule has 6 nitrogen and oxygen atoms in total. The first kappa shape index (κ1) is 24.2. The summed E-state index contributed by atoms with van der Waals surface area (Å²) in [6, 6.07) is 15.0. The molecule has 1 saturated heterocycles. The number of ether oxygens (including phenoxy) is 1. The third-order valence-electron chi connectivity index (χ3n) is 5.69. The second-order valence-corrected chi connectivity index (χ2v) is 9.39. The van der Waals surface area contributed by atoms with Crippen molar-refractivity contribution >= 4 is 12.0 Å². The molecule has 2 aromatic carbocycles. The van der Waals surface area contributed by atoms with Crippen LogP contribution in [0, 0.1) is 23.1 Å². The number of hydrogen-bond donors (Lipinski definition) is 1. The zero-order chi connectivity index (χ0) is 24.0. The Morgan fingerprint density at radius 3 is 2.42 bits per heavy atom. The van der Waals surface area contributed by atoms with Gasteiger partial charge in [0.05, 0.1) is 11.6 Å². The third-order valence-corrected chi connectivity index (χ3v) is 5.69. The van der Waals surface area contributed by atoms with E-state index in [1.165, 1.54) is 12.1 Å². The van der Waals surface area contributed by atoms with Crippen LogP contribution in [0.5, 0.6) is 0 Å². The van der Waals surface area contributed by atoms with E-state index >= 15 is 0 Å². The van der Waals surface area contributed by atoms with Crippen LogP contribution in [0.1, 0.15) is 67.6 Å². The van der Waals surface area contributed by atoms with E-state index in [9.17, 15) is 14.0 Å². The van der Waals surface area contributed by atoms with E-state index in [1.54, 1.807) is 11.0 Å². The average Bonchev–Trinajstić information content (AvgIpc) is 2.78. The molecule has 0 saturated carbocycles. The summed E-state index contributed by atoms with van der Waals surface area (Å²) in [5, 5.41) is 11.9. The van der Waals surface area contributed by atoms with Crippen molar-refractivity contribution in [2.24, 2.45) is 5.92 Å². The highest BCUT2D eigenvalue weighted by molar-refractivity contribution is 5.94. The Bertz CT molecular complexity index is 1020. The van der Waals surface area contributed by atoms with Crippen molar-refractivity contribution < 1.29 is 18.7 Å². The highest BCUT2D eigenvalue weighted by Crippen LogP contribution is 2.29. The Hall–Kier alpha value is -3.40. The van der Waals surface area contributed by atoms with Crippen molar-refractivity contribution in [2.45, 2.75) is 51.7 Å². The van der Waals surface area contributed by atoms with Gasteiger partial charge in [0, 0.05) is 18.7 Å². The summed E-state index contributed by atoms with van der Waals surface area (Å²) in [5.41, 5.74) is 0.520. The average molecular weight is 452 g/mol. The van der Waals surface area contributed by atoms with Crippen LogP contribution in [0.3, 0.4) is 0 Å². The number of halogens is 1. The van der Waals surface area contributed by atoms with Crippen molar-refractivity contribution in [3.63, 3.8) is 0 Å². The number of nitrogens with zero attached hydrogens (tertiary/aromatic N) is 2. The Balaban J connectivity index is 1.66. The van der Waals surface area contributed by atoms with Crippen LogP contribution in [-0.4, -0.2) is 35.6 Å². The fourth-order valence-corrected chi connectivity index (χ4v) is 3.96. The standard InChI is InChI=1S/C26H30FN3O3/c1-26(2,3)33-25(32)30-13-11-18(12-14-30)15-23(19-7-5-4-6-8-19)29-24(31)20-9-10-21(17-28)22(27)16-20/h4-10,16,18,23H,11-15H2,1-3H3,(H,29,31). The van der Waals surface area contributed by atoms with Gasteiger partial charge in [0.15, 0.2) is 0 Å². The Morgan fingerprint density at radius 2 is 1.85 bits per heavy atom. The van der Waals surface area contributed by atoms with Gasteiger partial charge < -0.3 is 15.0 Å². The number of amides is 2. The lowest BCUT2D eigenvalue weighted by atomic mass is 9.87. The number of nitriles is 1. The van der Waals surface area contributed by atoms with Crippen molar-refractivity contribution in [1.82, 2.24) is 10.2 Å². The number of likely N-dealkylation sites (tertiary alicyclic amines) is 1. The van der Waals surface area contributed by atoms with Crippen molar-refractivity contribution in [2.75, 3.05) is 13.1 Å². The monoisotopic (exact) mass is 451 g/mol. The summed E-state index contributed by atoms with van der Waals surface area (Å²) in [5.74, 6) is -0.791. The number of carbonyl (C=O) groups is 2. The molecule has 1 aliphatic rings. The predicted octanol–water partition coefficient (Wildman–Crippen LogP) is 5.21. The third kappa shape index (κ3) is 6.79. The maximum absolute atomic E-state index is 14.0. The quantitative estimate of drug-likeness (QED) is 0.677. The molecule has 33 heavy (non-hydrogen) atoms. The molecular weight excluding hydrogens is 421 g/mol. The topological polar surface area (TPSA) is 82.4 Å². The summed E-state index contributed by atoms with van der Waals surface area (Å²) >= 11 is 0. The normalized spacial score (nSPS) is 15.4. The molecular formula is C26H30FN3O3. The van der Waals surface area contributed by atoms with Crippen LogP contribution >= 0.6 is 0 Å². The first-order valence-corrected chi connectivity index (χ1v) is 11.2. The number of nitrogens with one attached hydrogen (secondary N) is 1. The Labute approximate surface area is 194 Å². The van der Waals surface area contributed by atoms with Gasteiger partial charge >= 0.3 is 6.09 Å². The molecule has 174 valence electrons. The summed E-state index contributed by atoms with van der Waals surface area (Å²) in [6.45, 7) is 6.77. The first-order valence-electron chi connectivity index (χ1n) is 11.2. The van der Waals surface area contributed by atoms with Crippen molar-refractivity contribution in [3.8, 4) is 6.07 Å². The van der Waals surface area contributed by atoms with Gasteiger partial charge in [-0.15, -0.1) is 0 Å². The van der Waals surface area contributed by atoms with E-state index in [-0.39, 0.29) is 23.3 Å². The molecule has 0 aromatic heterocycles. The Kier molecular flexibility index (Phi) is 7.70. The molecule has 0 spiro atoms. The number of benzene rings is 2. The van der Waals surface area contributed by atoms with Gasteiger partial charge in [-0.05, 0) is 69.7 Å². The lowest BCUT2D eigenvalue weighted by Crippen LogP contribution is -2.42. The number of carbonyl (C=O) groups excluding carboxylic acids is 2. The van der Waals surface area contributed by atoms with Crippen molar-refractivity contribution in [3.05, 3.63) is 71.0 Å². The number of hydrogen-bond acceptors (Lipinski definition) is 4. The minimum absolute atomic E-state index is 0.0945. The maximum Gasteiger partial charge on any atom is 0.410 e. The number of piperidine rings is 1. The van der Waals surface area contributed by atoms with Gasteiger partial charge in [0.1, 0.15) is 17.5 Å². The molecule has 7 heteroatoms. The zero-order valence-electron chi connectivity index (χ0n) is 19.3. The van der Waals surface area contributed by atoms with E-state index in [1.807, 2.05) is 51.1 Å². The van der Waals surface area contributed by atoms with Crippen LogP contribution < -0.4 is 5.32 Å². The summed E-state index contributed by atoms with van der Waals surface area (Å²) in [7, 11) is 0. The van der Waals surface area contributed by atoms with Crippen molar-refractivity contribution in [1.29, 1.82) is 5.26 Å². The highest BCUT2D eigenvalue weighted by Gasteiger charge is 2.29. The van der Waals surface area contributed by atoms with E-state index in [0.717, 1.165) is 24.5 Å².